The van der Waals surface area contributed by atoms with E-state index in [-0.39, 0.29) is 0 Å². The summed E-state index contributed by atoms with van der Waals surface area (Å²) in [7, 11) is 2.00. The number of pyridine rings is 1. The van der Waals surface area contributed by atoms with E-state index >= 15 is 0 Å². The van der Waals surface area contributed by atoms with Crippen molar-refractivity contribution in [2.75, 3.05) is 7.11 Å². The molecule has 0 amide bonds. The third kappa shape index (κ3) is 2.86. The van der Waals surface area contributed by atoms with Gasteiger partial charge in [0.2, 0.25) is 0 Å². The molecule has 1 aromatic rings. The summed E-state index contributed by atoms with van der Waals surface area (Å²) in [6.45, 7) is 7.83. The lowest BCUT2D eigenvalue weighted by Gasteiger charge is -2.61. The monoisotopic (exact) mass is 446 g/mol. The summed E-state index contributed by atoms with van der Waals surface area (Å²) in [5, 5.41) is 9.45. The molecule has 10 atom stereocenters. The zero-order chi connectivity index (χ0) is 23.0. The van der Waals surface area contributed by atoms with Crippen molar-refractivity contribution < 1.29 is 4.74 Å². The van der Waals surface area contributed by atoms with Crippen LogP contribution in [0.25, 0.3) is 0 Å². The van der Waals surface area contributed by atoms with Crippen LogP contribution in [0.2, 0.25) is 0 Å². The molecule has 5 fully saturated rings. The Kier molecular flexibility index (Phi) is 5.05. The molecule has 0 radical (unpaired) electrons. The fourth-order valence-corrected chi connectivity index (χ4v) is 10.9. The van der Waals surface area contributed by atoms with Gasteiger partial charge in [0.05, 0.1) is 17.4 Å². The maximum absolute atomic E-state index is 9.45. The number of methoxy groups -OCH3 is 1. The Bertz CT molecular complexity index is 968. The second-order valence-electron chi connectivity index (χ2n) is 13.1. The third-order valence-corrected chi connectivity index (χ3v) is 12.4. The van der Waals surface area contributed by atoms with Crippen molar-refractivity contribution in [2.45, 2.75) is 91.1 Å². The van der Waals surface area contributed by atoms with E-state index in [0.29, 0.717) is 28.3 Å². The molecule has 5 saturated carbocycles. The summed E-state index contributed by atoms with van der Waals surface area (Å²) < 4.78 is 6.30. The lowest BCUT2D eigenvalue weighted by Crippen LogP contribution is -2.57. The highest BCUT2D eigenvalue weighted by Crippen LogP contribution is 2.82. The normalized spacial score (nSPS) is 48.2. The van der Waals surface area contributed by atoms with Gasteiger partial charge in [-0.1, -0.05) is 20.8 Å². The van der Waals surface area contributed by atoms with Crippen LogP contribution in [0.5, 0.6) is 0 Å². The largest absolute Gasteiger partial charge is 0.381 e. The van der Waals surface area contributed by atoms with Gasteiger partial charge in [0.25, 0.3) is 0 Å². The van der Waals surface area contributed by atoms with Gasteiger partial charge in [-0.25, -0.2) is 0 Å². The third-order valence-electron chi connectivity index (χ3n) is 12.4. The average molecular weight is 447 g/mol. The maximum atomic E-state index is 9.45. The van der Waals surface area contributed by atoms with Crippen molar-refractivity contribution in [1.82, 2.24) is 4.98 Å². The van der Waals surface area contributed by atoms with Crippen LogP contribution in [0, 0.1) is 63.1 Å². The van der Waals surface area contributed by atoms with Gasteiger partial charge < -0.3 is 4.74 Å². The minimum Gasteiger partial charge on any atom is -0.381 e. The molecule has 0 aromatic carbocycles. The molecule has 0 bridgehead atoms. The predicted molar refractivity (Wildman–Crippen MR) is 130 cm³/mol. The Morgan fingerprint density at radius 1 is 1.18 bits per heavy atom. The van der Waals surface area contributed by atoms with Crippen LogP contribution in [0.1, 0.15) is 89.8 Å². The lowest BCUT2D eigenvalue weighted by atomic mass is 9.45. The number of ether oxygens (including phenoxy) is 1. The van der Waals surface area contributed by atoms with Crippen molar-refractivity contribution in [2.24, 2.45) is 51.8 Å². The summed E-state index contributed by atoms with van der Waals surface area (Å²) in [5.74, 6) is 5.12. The smallest absolute Gasteiger partial charge is 0.101 e. The number of hydrogen-bond acceptors (Lipinski definition) is 3. The quantitative estimate of drug-likeness (QED) is 0.499. The van der Waals surface area contributed by atoms with Crippen LogP contribution < -0.4 is 0 Å². The lowest BCUT2D eigenvalue weighted by molar-refractivity contribution is -0.161. The van der Waals surface area contributed by atoms with Gasteiger partial charge in [-0.3, -0.25) is 4.98 Å². The number of fused-ring (bicyclic) bond motifs is 4. The van der Waals surface area contributed by atoms with Crippen LogP contribution >= 0.6 is 0 Å². The van der Waals surface area contributed by atoms with Crippen LogP contribution in [0.15, 0.2) is 18.3 Å². The predicted octanol–water partition coefficient (Wildman–Crippen LogP) is 6.81. The second kappa shape index (κ2) is 7.55. The fraction of sp³-hybridized carbons (Fsp3) is 0.800. The SMILES string of the molecule is COC1C[C@H]2[C@@H]3CC[C@H]([C@H](C)CCc4ncccc4C#N)[C@@]3(C)CC[C@@H]2[C@@]2(C)CC[C@@H]3CC132. The summed E-state index contributed by atoms with van der Waals surface area (Å²) >= 11 is 0. The molecule has 5 aliphatic rings. The Balaban J connectivity index is 1.21. The Labute approximate surface area is 200 Å². The zero-order valence-electron chi connectivity index (χ0n) is 21.1. The number of nitrogens with zero attached hydrogens (tertiary/aromatic N) is 2. The average Bonchev–Trinajstić information content (AvgIpc) is 3.33. The van der Waals surface area contributed by atoms with Crippen LogP contribution in [0.3, 0.4) is 0 Å². The van der Waals surface area contributed by atoms with Crippen molar-refractivity contribution in [1.29, 1.82) is 5.26 Å². The Hall–Kier alpha value is -1.40. The van der Waals surface area contributed by atoms with Crippen molar-refractivity contribution >= 4 is 0 Å². The first-order valence-corrected chi connectivity index (χ1v) is 13.8. The number of hydrogen-bond donors (Lipinski definition) is 0. The number of rotatable bonds is 5. The molecule has 33 heavy (non-hydrogen) atoms. The van der Waals surface area contributed by atoms with Gasteiger partial charge in [-0.05, 0) is 123 Å². The van der Waals surface area contributed by atoms with Crippen LogP contribution in [-0.2, 0) is 11.2 Å². The van der Waals surface area contributed by atoms with E-state index in [4.69, 9.17) is 4.74 Å². The van der Waals surface area contributed by atoms with Gasteiger partial charge in [0.15, 0.2) is 0 Å². The van der Waals surface area contributed by atoms with E-state index in [1.165, 1.54) is 51.4 Å². The molecule has 178 valence electrons. The molecule has 1 aromatic heterocycles. The number of aryl methyl sites for hydroxylation is 1. The summed E-state index contributed by atoms with van der Waals surface area (Å²) in [6.07, 6.45) is 15.8. The molecule has 3 heteroatoms. The Morgan fingerprint density at radius 3 is 2.79 bits per heavy atom. The molecular weight excluding hydrogens is 404 g/mol. The topological polar surface area (TPSA) is 45.9 Å². The summed E-state index contributed by atoms with van der Waals surface area (Å²) in [6, 6.07) is 6.13. The van der Waals surface area contributed by atoms with E-state index in [0.717, 1.165) is 53.7 Å². The zero-order valence-corrected chi connectivity index (χ0v) is 21.1. The summed E-state index contributed by atoms with van der Waals surface area (Å²) in [5.41, 5.74) is 3.28. The van der Waals surface area contributed by atoms with Crippen molar-refractivity contribution in [3.8, 4) is 6.07 Å². The van der Waals surface area contributed by atoms with Gasteiger partial charge in [-0.2, -0.15) is 5.26 Å². The molecule has 2 unspecified atom stereocenters. The molecule has 5 aliphatic carbocycles. The number of aromatic nitrogens is 1. The highest BCUT2D eigenvalue weighted by molar-refractivity contribution is 5.32. The molecule has 3 nitrogen and oxygen atoms in total. The standard InChI is InChI=1S/C30H42N2O/c1-19(7-10-26-20(18-31)6-5-15-32-26)23-8-9-24-22-16-27(33-4)30-17-21(30)11-14-29(30,3)25(22)12-13-28(23,24)2/h5-6,15,19,21-25,27H,7-14,16-17H2,1-4H3/t19-,21-,22+,23-,24+,25+,27?,28-,29-,30?/m1/s1. The van der Waals surface area contributed by atoms with E-state index in [1.54, 1.807) is 0 Å². The van der Waals surface area contributed by atoms with Crippen molar-refractivity contribution in [3.05, 3.63) is 29.6 Å². The first kappa shape index (κ1) is 22.1. The highest BCUT2D eigenvalue weighted by atomic mass is 16.5. The first-order chi connectivity index (χ1) is 15.9. The molecular formula is C30H42N2O. The first-order valence-electron chi connectivity index (χ1n) is 13.8. The van der Waals surface area contributed by atoms with Gasteiger partial charge in [-0.15, -0.1) is 0 Å². The Morgan fingerprint density at radius 2 is 2.03 bits per heavy atom. The minimum absolute atomic E-state index is 0.476. The number of nitriles is 1. The van der Waals surface area contributed by atoms with Gasteiger partial charge in [0, 0.05) is 18.7 Å². The molecule has 6 rings (SSSR count). The van der Waals surface area contributed by atoms with Crippen LogP contribution in [0.4, 0.5) is 0 Å². The van der Waals surface area contributed by atoms with E-state index in [9.17, 15) is 5.26 Å². The van der Waals surface area contributed by atoms with Gasteiger partial charge >= 0.3 is 0 Å². The van der Waals surface area contributed by atoms with E-state index < -0.39 is 0 Å². The molecule has 1 spiro atoms. The second-order valence-corrected chi connectivity index (χ2v) is 13.1. The summed E-state index contributed by atoms with van der Waals surface area (Å²) in [4.78, 5) is 4.53. The molecule has 0 N–H and O–H groups in total. The fourth-order valence-electron chi connectivity index (χ4n) is 10.9. The molecule has 0 saturated heterocycles. The molecule has 0 aliphatic heterocycles. The minimum atomic E-state index is 0.476. The van der Waals surface area contributed by atoms with Crippen LogP contribution in [-0.4, -0.2) is 18.2 Å². The highest BCUT2D eigenvalue weighted by Gasteiger charge is 2.77. The van der Waals surface area contributed by atoms with Crippen molar-refractivity contribution in [3.63, 3.8) is 0 Å². The maximum Gasteiger partial charge on any atom is 0.101 e. The van der Waals surface area contributed by atoms with Gasteiger partial charge in [0.1, 0.15) is 6.07 Å². The molecule has 1 heterocycles. The van der Waals surface area contributed by atoms with E-state index in [2.05, 4.69) is 31.8 Å². The van der Waals surface area contributed by atoms with E-state index in [1.807, 2.05) is 25.4 Å².